The van der Waals surface area contributed by atoms with E-state index in [1.165, 1.54) is 9.21 Å². The number of sulfonamides is 1. The van der Waals surface area contributed by atoms with Crippen LogP contribution in [0.1, 0.15) is 44.7 Å². The van der Waals surface area contributed by atoms with E-state index >= 15 is 0 Å². The Morgan fingerprint density at radius 2 is 1.71 bits per heavy atom. The van der Waals surface area contributed by atoms with Crippen LogP contribution >= 0.6 is 11.6 Å². The molecule has 34 heavy (non-hydrogen) atoms. The molecule has 1 N–H and O–H groups in total. The van der Waals surface area contributed by atoms with Crippen LogP contribution in [-0.4, -0.2) is 50.0 Å². The van der Waals surface area contributed by atoms with E-state index in [-0.39, 0.29) is 37.4 Å². The average molecular weight is 508 g/mol. The van der Waals surface area contributed by atoms with Gasteiger partial charge in [-0.2, -0.15) is 0 Å². The number of rotatable bonds is 11. The van der Waals surface area contributed by atoms with Crippen molar-refractivity contribution >= 4 is 39.1 Å². The maximum absolute atomic E-state index is 13.2. The highest BCUT2D eigenvalue weighted by atomic mass is 35.5. The number of aryl methyl sites for hydroxylation is 1. The molecule has 2 aromatic rings. The molecule has 0 heterocycles. The molecule has 0 radical (unpaired) electrons. The predicted octanol–water partition coefficient (Wildman–Crippen LogP) is 4.14. The number of carbonyl (C=O) groups excluding carboxylic acids is 2. The Labute approximate surface area is 208 Å². The molecule has 0 fully saturated rings. The van der Waals surface area contributed by atoms with E-state index in [2.05, 4.69) is 5.32 Å². The average Bonchev–Trinajstić information content (AvgIpc) is 2.74. The molecule has 9 heteroatoms. The first-order chi connectivity index (χ1) is 15.9. The third-order valence-corrected chi connectivity index (χ3v) is 6.74. The van der Waals surface area contributed by atoms with Crippen LogP contribution in [-0.2, 0) is 26.2 Å². The number of benzene rings is 2. The normalized spacial score (nSPS) is 12.3. The van der Waals surface area contributed by atoms with Gasteiger partial charge in [-0.25, -0.2) is 8.42 Å². The zero-order chi connectivity index (χ0) is 25.5. The van der Waals surface area contributed by atoms with Crippen LogP contribution in [0.5, 0.6) is 0 Å². The molecule has 2 rings (SSSR count). The predicted molar refractivity (Wildman–Crippen MR) is 137 cm³/mol. The van der Waals surface area contributed by atoms with E-state index in [1.807, 2.05) is 39.0 Å². The van der Waals surface area contributed by atoms with Crippen LogP contribution in [0.3, 0.4) is 0 Å². The molecule has 0 aliphatic rings. The van der Waals surface area contributed by atoms with Crippen molar-refractivity contribution in [1.82, 2.24) is 10.2 Å². The molecule has 1 unspecified atom stereocenters. The molecule has 2 aromatic carbocycles. The lowest BCUT2D eigenvalue weighted by molar-refractivity contribution is -0.140. The standard InChI is InChI=1S/C25H34ClN3O4S/c1-18(2)27-25(31)20(4)28(17-21-8-6-9-22(26)16-21)24(30)10-7-15-29(34(5,32)33)23-13-11-19(3)12-14-23/h6,8-9,11-14,16,18,20H,7,10,15,17H2,1-5H3,(H,27,31). The van der Waals surface area contributed by atoms with Gasteiger partial charge in [-0.3, -0.25) is 13.9 Å². The number of nitrogens with zero attached hydrogens (tertiary/aromatic N) is 2. The summed E-state index contributed by atoms with van der Waals surface area (Å²) < 4.78 is 26.0. The van der Waals surface area contributed by atoms with Crippen LogP contribution in [0.2, 0.25) is 5.02 Å². The summed E-state index contributed by atoms with van der Waals surface area (Å²) in [7, 11) is -3.52. The topological polar surface area (TPSA) is 86.8 Å². The summed E-state index contributed by atoms with van der Waals surface area (Å²) in [5.41, 5.74) is 2.39. The third kappa shape index (κ3) is 8.33. The minimum atomic E-state index is -3.52. The van der Waals surface area contributed by atoms with Gasteiger partial charge in [-0.1, -0.05) is 41.4 Å². The summed E-state index contributed by atoms with van der Waals surface area (Å²) in [5, 5.41) is 3.40. The van der Waals surface area contributed by atoms with Crippen molar-refractivity contribution in [3.8, 4) is 0 Å². The molecule has 186 valence electrons. The second-order valence-electron chi connectivity index (χ2n) is 8.77. The van der Waals surface area contributed by atoms with Gasteiger partial charge < -0.3 is 10.2 Å². The molecular formula is C25H34ClN3O4S. The van der Waals surface area contributed by atoms with Crippen LogP contribution in [0.15, 0.2) is 48.5 Å². The van der Waals surface area contributed by atoms with Gasteiger partial charge in [0.05, 0.1) is 11.9 Å². The molecular weight excluding hydrogens is 474 g/mol. The Morgan fingerprint density at radius 3 is 2.26 bits per heavy atom. The van der Waals surface area contributed by atoms with Crippen molar-refractivity contribution in [3.05, 3.63) is 64.7 Å². The van der Waals surface area contributed by atoms with Gasteiger partial charge >= 0.3 is 0 Å². The second-order valence-corrected chi connectivity index (χ2v) is 11.1. The maximum Gasteiger partial charge on any atom is 0.242 e. The fraction of sp³-hybridized carbons (Fsp3) is 0.440. The minimum Gasteiger partial charge on any atom is -0.352 e. The number of carbonyl (C=O) groups is 2. The summed E-state index contributed by atoms with van der Waals surface area (Å²) in [4.78, 5) is 27.4. The minimum absolute atomic E-state index is 0.0594. The van der Waals surface area contributed by atoms with E-state index in [1.54, 1.807) is 37.3 Å². The van der Waals surface area contributed by atoms with E-state index in [4.69, 9.17) is 11.6 Å². The highest BCUT2D eigenvalue weighted by molar-refractivity contribution is 7.92. The Morgan fingerprint density at radius 1 is 1.06 bits per heavy atom. The molecule has 2 amide bonds. The van der Waals surface area contributed by atoms with Crippen LogP contribution in [0.4, 0.5) is 5.69 Å². The summed E-state index contributed by atoms with van der Waals surface area (Å²) in [6.07, 6.45) is 1.56. The van der Waals surface area contributed by atoms with E-state index < -0.39 is 16.1 Å². The van der Waals surface area contributed by atoms with E-state index in [0.29, 0.717) is 17.1 Å². The molecule has 0 saturated carbocycles. The molecule has 0 spiro atoms. The van der Waals surface area contributed by atoms with Gasteiger partial charge in [-0.15, -0.1) is 0 Å². The van der Waals surface area contributed by atoms with Gasteiger partial charge in [0.2, 0.25) is 21.8 Å². The maximum atomic E-state index is 13.2. The van der Waals surface area contributed by atoms with Crippen molar-refractivity contribution in [2.45, 2.75) is 59.2 Å². The lowest BCUT2D eigenvalue weighted by atomic mass is 10.1. The van der Waals surface area contributed by atoms with Crippen LogP contribution in [0.25, 0.3) is 0 Å². The highest BCUT2D eigenvalue weighted by Crippen LogP contribution is 2.20. The number of halogens is 1. The Bertz CT molecular complexity index is 1090. The highest BCUT2D eigenvalue weighted by Gasteiger charge is 2.27. The molecule has 0 aromatic heterocycles. The van der Waals surface area contributed by atoms with Crippen LogP contribution < -0.4 is 9.62 Å². The van der Waals surface area contributed by atoms with Gasteiger partial charge in [-0.05, 0) is 63.9 Å². The molecule has 1 atom stereocenters. The van der Waals surface area contributed by atoms with Crippen molar-refractivity contribution in [1.29, 1.82) is 0 Å². The Hall–Kier alpha value is -2.58. The number of nitrogens with one attached hydrogen (secondary N) is 1. The first-order valence-electron chi connectivity index (χ1n) is 11.3. The van der Waals surface area contributed by atoms with E-state index in [9.17, 15) is 18.0 Å². The quantitative estimate of drug-likeness (QED) is 0.495. The number of amides is 2. The van der Waals surface area contributed by atoms with Gasteiger partial charge in [0.15, 0.2) is 0 Å². The number of hydrogen-bond donors (Lipinski definition) is 1. The second kappa shape index (κ2) is 12.2. The van der Waals surface area contributed by atoms with Crippen molar-refractivity contribution in [2.24, 2.45) is 0 Å². The first-order valence-corrected chi connectivity index (χ1v) is 13.5. The SMILES string of the molecule is Cc1ccc(N(CCCC(=O)N(Cc2cccc(Cl)c2)C(C)C(=O)NC(C)C)S(C)(=O)=O)cc1. The summed E-state index contributed by atoms with van der Waals surface area (Å²) in [5.74, 6) is -0.480. The van der Waals surface area contributed by atoms with E-state index in [0.717, 1.165) is 17.4 Å². The molecule has 7 nitrogen and oxygen atoms in total. The lowest BCUT2D eigenvalue weighted by Gasteiger charge is -2.30. The fourth-order valence-electron chi connectivity index (χ4n) is 3.53. The molecule has 0 aliphatic carbocycles. The summed E-state index contributed by atoms with van der Waals surface area (Å²) in [6, 6.07) is 13.6. The van der Waals surface area contributed by atoms with Crippen molar-refractivity contribution in [2.75, 3.05) is 17.1 Å². The summed E-state index contributed by atoms with van der Waals surface area (Å²) in [6.45, 7) is 7.72. The fourth-order valence-corrected chi connectivity index (χ4v) is 4.71. The third-order valence-electron chi connectivity index (χ3n) is 5.31. The molecule has 0 saturated heterocycles. The van der Waals surface area contributed by atoms with Crippen molar-refractivity contribution in [3.63, 3.8) is 0 Å². The first kappa shape index (κ1) is 27.7. The lowest BCUT2D eigenvalue weighted by Crippen LogP contribution is -2.49. The Balaban J connectivity index is 2.16. The zero-order valence-corrected chi connectivity index (χ0v) is 22.0. The number of hydrogen-bond acceptors (Lipinski definition) is 4. The van der Waals surface area contributed by atoms with Crippen molar-refractivity contribution < 1.29 is 18.0 Å². The summed E-state index contributed by atoms with van der Waals surface area (Å²) >= 11 is 6.10. The monoisotopic (exact) mass is 507 g/mol. The molecule has 0 aliphatic heterocycles. The van der Waals surface area contributed by atoms with Gasteiger partial charge in [0, 0.05) is 30.6 Å². The largest absolute Gasteiger partial charge is 0.352 e. The number of anilines is 1. The molecule has 0 bridgehead atoms. The smallest absolute Gasteiger partial charge is 0.242 e. The van der Waals surface area contributed by atoms with Crippen LogP contribution in [0, 0.1) is 6.92 Å². The zero-order valence-electron chi connectivity index (χ0n) is 20.4. The Kier molecular flexibility index (Phi) is 9.94. The van der Waals surface area contributed by atoms with Gasteiger partial charge in [0.1, 0.15) is 6.04 Å². The van der Waals surface area contributed by atoms with Gasteiger partial charge in [0.25, 0.3) is 0 Å².